The molecular weight excluding hydrogens is 469 g/mol. The number of esters is 1. The number of rotatable bonds is 5. The first kappa shape index (κ1) is 24.7. The second-order valence-corrected chi connectivity index (χ2v) is 7.81. The highest BCUT2D eigenvalue weighted by molar-refractivity contribution is 5.89. The summed E-state index contributed by atoms with van der Waals surface area (Å²) >= 11 is 0. The largest absolute Gasteiger partial charge is 0.466 e. The van der Waals surface area contributed by atoms with Crippen LogP contribution in [0.15, 0.2) is 18.3 Å². The fourth-order valence-corrected chi connectivity index (χ4v) is 3.85. The third-order valence-electron chi connectivity index (χ3n) is 5.62. The first-order valence-corrected chi connectivity index (χ1v) is 10.9. The number of anilines is 3. The van der Waals surface area contributed by atoms with E-state index in [9.17, 15) is 18.0 Å². The standard InChI is InChI=1S/C22H25F3N6O4/c1-33-18(32)3-2-14-19(22(23,24)25)15(13-27-20(14)26)16-12-17(30-4-8-34-9-5-30)29-21(28-16)31-6-10-35-11-7-31/h2-3,12-13H,4-11H2,1H3,(H2,26,27). The number of nitrogens with two attached hydrogens (primary N) is 1. The van der Waals surface area contributed by atoms with Crippen molar-refractivity contribution < 1.29 is 32.2 Å². The molecule has 0 aliphatic carbocycles. The van der Waals surface area contributed by atoms with Gasteiger partial charge in [0.1, 0.15) is 11.6 Å². The van der Waals surface area contributed by atoms with E-state index < -0.39 is 23.3 Å². The van der Waals surface area contributed by atoms with Gasteiger partial charge in [0, 0.05) is 55.6 Å². The molecule has 0 atom stereocenters. The van der Waals surface area contributed by atoms with Gasteiger partial charge in [-0.25, -0.2) is 14.8 Å². The van der Waals surface area contributed by atoms with Gasteiger partial charge in [0.25, 0.3) is 0 Å². The minimum atomic E-state index is -4.81. The molecule has 2 saturated heterocycles. The number of ether oxygens (including phenoxy) is 3. The van der Waals surface area contributed by atoms with Crippen molar-refractivity contribution in [1.82, 2.24) is 15.0 Å². The van der Waals surface area contributed by atoms with Gasteiger partial charge in [-0.3, -0.25) is 0 Å². The number of halogens is 3. The quantitative estimate of drug-likeness (QED) is 0.489. The van der Waals surface area contributed by atoms with Gasteiger partial charge in [-0.1, -0.05) is 0 Å². The molecule has 0 unspecified atom stereocenters. The average Bonchev–Trinajstić information content (AvgIpc) is 2.87. The average molecular weight is 494 g/mol. The summed E-state index contributed by atoms with van der Waals surface area (Å²) in [5, 5.41) is 0. The van der Waals surface area contributed by atoms with Crippen LogP contribution in [0.4, 0.5) is 30.8 Å². The van der Waals surface area contributed by atoms with Crippen LogP contribution in [0.1, 0.15) is 11.1 Å². The van der Waals surface area contributed by atoms with Gasteiger partial charge in [-0.2, -0.15) is 18.2 Å². The minimum Gasteiger partial charge on any atom is -0.466 e. The number of aromatic nitrogens is 3. The van der Waals surface area contributed by atoms with Crippen LogP contribution in [0.5, 0.6) is 0 Å². The predicted octanol–water partition coefficient (Wildman–Crippen LogP) is 2.00. The van der Waals surface area contributed by atoms with Gasteiger partial charge in [-0.05, 0) is 6.08 Å². The number of nitrogen functional groups attached to an aromatic ring is 1. The van der Waals surface area contributed by atoms with Crippen LogP contribution in [-0.4, -0.2) is 80.6 Å². The van der Waals surface area contributed by atoms with Crippen LogP contribution in [0.25, 0.3) is 17.3 Å². The number of hydrogen-bond donors (Lipinski definition) is 1. The molecule has 2 aliphatic heterocycles. The number of pyridine rings is 1. The summed E-state index contributed by atoms with van der Waals surface area (Å²) in [6.07, 6.45) is -1.95. The molecule has 2 aromatic heterocycles. The van der Waals surface area contributed by atoms with Crippen LogP contribution in [0, 0.1) is 0 Å². The molecule has 188 valence electrons. The number of methoxy groups -OCH3 is 1. The zero-order chi connectivity index (χ0) is 25.0. The van der Waals surface area contributed by atoms with Gasteiger partial charge in [0.2, 0.25) is 5.95 Å². The number of nitrogens with zero attached hydrogens (tertiary/aromatic N) is 5. The van der Waals surface area contributed by atoms with Crippen LogP contribution in [0.2, 0.25) is 0 Å². The highest BCUT2D eigenvalue weighted by Gasteiger charge is 2.38. The monoisotopic (exact) mass is 494 g/mol. The molecule has 4 rings (SSSR count). The SMILES string of the molecule is COC(=O)C=Cc1c(N)ncc(-c2cc(N3CCOCC3)nc(N3CCOCC3)n2)c1C(F)(F)F. The molecule has 0 radical (unpaired) electrons. The van der Waals surface area contributed by atoms with E-state index in [1.54, 1.807) is 0 Å². The molecular formula is C22H25F3N6O4. The lowest BCUT2D eigenvalue weighted by Crippen LogP contribution is -2.39. The van der Waals surface area contributed by atoms with Gasteiger partial charge >= 0.3 is 12.1 Å². The molecule has 0 bridgehead atoms. The highest BCUT2D eigenvalue weighted by atomic mass is 19.4. The Balaban J connectivity index is 1.89. The molecule has 0 aromatic carbocycles. The molecule has 13 heteroatoms. The molecule has 2 aliphatic rings. The summed E-state index contributed by atoms with van der Waals surface area (Å²) in [5.74, 6) is -0.424. The Morgan fingerprint density at radius 1 is 1.09 bits per heavy atom. The van der Waals surface area contributed by atoms with Crippen molar-refractivity contribution in [2.45, 2.75) is 6.18 Å². The molecule has 0 amide bonds. The lowest BCUT2D eigenvalue weighted by Gasteiger charge is -2.31. The fourth-order valence-electron chi connectivity index (χ4n) is 3.85. The Morgan fingerprint density at radius 2 is 1.71 bits per heavy atom. The van der Waals surface area contributed by atoms with Gasteiger partial charge < -0.3 is 29.7 Å². The summed E-state index contributed by atoms with van der Waals surface area (Å²) in [5.41, 5.74) is 4.06. The van der Waals surface area contributed by atoms with Crippen LogP contribution in [-0.2, 0) is 25.2 Å². The highest BCUT2D eigenvalue weighted by Crippen LogP contribution is 2.41. The van der Waals surface area contributed by atoms with E-state index in [-0.39, 0.29) is 17.1 Å². The molecule has 0 saturated carbocycles. The molecule has 2 fully saturated rings. The van der Waals surface area contributed by atoms with Crippen LogP contribution < -0.4 is 15.5 Å². The maximum absolute atomic E-state index is 14.4. The maximum Gasteiger partial charge on any atom is 0.417 e. The minimum absolute atomic E-state index is 0.0375. The fraction of sp³-hybridized carbons (Fsp3) is 0.455. The lowest BCUT2D eigenvalue weighted by molar-refractivity contribution is -0.137. The van der Waals surface area contributed by atoms with Crippen molar-refractivity contribution in [1.29, 1.82) is 0 Å². The summed E-state index contributed by atoms with van der Waals surface area (Å²) in [6, 6.07) is 1.51. The number of alkyl halides is 3. The van der Waals surface area contributed by atoms with Crippen LogP contribution >= 0.6 is 0 Å². The van der Waals surface area contributed by atoms with E-state index in [1.165, 1.54) is 6.07 Å². The second kappa shape index (κ2) is 10.4. The smallest absolute Gasteiger partial charge is 0.417 e. The molecule has 0 spiro atoms. The van der Waals surface area contributed by atoms with Crippen molar-refractivity contribution in [2.75, 3.05) is 75.2 Å². The lowest BCUT2D eigenvalue weighted by atomic mass is 9.99. The van der Waals surface area contributed by atoms with Crippen molar-refractivity contribution in [2.24, 2.45) is 0 Å². The molecule has 2 N–H and O–H groups in total. The second-order valence-electron chi connectivity index (χ2n) is 7.81. The number of carbonyl (C=O) groups excluding carboxylic acids is 1. The van der Waals surface area contributed by atoms with E-state index in [2.05, 4.69) is 19.7 Å². The Labute approximate surface area is 199 Å². The first-order valence-electron chi connectivity index (χ1n) is 10.9. The van der Waals surface area contributed by atoms with Gasteiger partial charge in [-0.15, -0.1) is 0 Å². The summed E-state index contributed by atoms with van der Waals surface area (Å²) in [6.45, 7) is 3.96. The molecule has 10 nitrogen and oxygen atoms in total. The normalized spacial score (nSPS) is 17.1. The third-order valence-corrected chi connectivity index (χ3v) is 5.62. The predicted molar refractivity (Wildman–Crippen MR) is 122 cm³/mol. The van der Waals surface area contributed by atoms with E-state index >= 15 is 0 Å². The van der Waals surface area contributed by atoms with Crippen molar-refractivity contribution in [3.05, 3.63) is 29.5 Å². The zero-order valence-electron chi connectivity index (χ0n) is 19.0. The molecule has 35 heavy (non-hydrogen) atoms. The topological polar surface area (TPSA) is 116 Å². The van der Waals surface area contributed by atoms with E-state index in [0.717, 1.165) is 25.5 Å². The summed E-state index contributed by atoms with van der Waals surface area (Å²) in [7, 11) is 1.12. The first-order chi connectivity index (χ1) is 16.8. The maximum atomic E-state index is 14.4. The van der Waals surface area contributed by atoms with Crippen molar-refractivity contribution >= 4 is 29.6 Å². The molecule has 4 heterocycles. The Morgan fingerprint density at radius 3 is 2.31 bits per heavy atom. The number of morpholine rings is 2. The van der Waals surface area contributed by atoms with E-state index in [0.29, 0.717) is 64.4 Å². The van der Waals surface area contributed by atoms with Crippen molar-refractivity contribution in [3.63, 3.8) is 0 Å². The zero-order valence-corrected chi connectivity index (χ0v) is 19.0. The third kappa shape index (κ3) is 5.62. The van der Waals surface area contributed by atoms with Gasteiger partial charge in [0.05, 0.1) is 44.8 Å². The van der Waals surface area contributed by atoms with Gasteiger partial charge in [0.15, 0.2) is 0 Å². The number of hydrogen-bond acceptors (Lipinski definition) is 10. The Hall–Kier alpha value is -3.45. The van der Waals surface area contributed by atoms with E-state index in [4.69, 9.17) is 15.2 Å². The van der Waals surface area contributed by atoms with E-state index in [1.807, 2.05) is 9.80 Å². The molecule has 2 aromatic rings. The Kier molecular flexibility index (Phi) is 7.36. The summed E-state index contributed by atoms with van der Waals surface area (Å²) < 4.78 is 58.4. The van der Waals surface area contributed by atoms with Crippen molar-refractivity contribution in [3.8, 4) is 11.3 Å². The Bertz CT molecular complexity index is 1060. The number of carbonyl (C=O) groups is 1. The summed E-state index contributed by atoms with van der Waals surface area (Å²) in [4.78, 5) is 28.4. The van der Waals surface area contributed by atoms with Crippen LogP contribution in [0.3, 0.4) is 0 Å².